The maximum absolute atomic E-state index is 12.4. The number of hydrogen-bond donors (Lipinski definition) is 1. The van der Waals surface area contributed by atoms with Crippen molar-refractivity contribution >= 4 is 5.91 Å². The highest BCUT2D eigenvalue weighted by Gasteiger charge is 2.37. The predicted octanol–water partition coefficient (Wildman–Crippen LogP) is 1.34. The first kappa shape index (κ1) is 15.8. The third kappa shape index (κ3) is 3.95. The largest absolute Gasteiger partial charge is 0.484 e. The number of amides is 1. The molecule has 0 saturated carbocycles. The highest BCUT2D eigenvalue weighted by atomic mass is 16.5. The molecular weight excluding hydrogens is 268 g/mol. The van der Waals surface area contributed by atoms with E-state index in [1.54, 1.807) is 0 Å². The first-order valence-electron chi connectivity index (χ1n) is 7.24. The molecule has 116 valence electrons. The number of aryl methyl sites for hydroxylation is 1. The number of nitrogens with two attached hydrogens (primary N) is 1. The molecule has 1 aromatic carbocycles. The molecule has 21 heavy (non-hydrogen) atoms. The maximum atomic E-state index is 12.4. The maximum Gasteiger partial charge on any atom is 0.261 e. The van der Waals surface area contributed by atoms with E-state index >= 15 is 0 Å². The molecule has 0 radical (unpaired) electrons. The molecule has 1 aliphatic heterocycles. The van der Waals surface area contributed by atoms with Gasteiger partial charge in [-0.2, -0.15) is 0 Å². The number of hydrogen-bond acceptors (Lipinski definition) is 4. The van der Waals surface area contributed by atoms with Crippen molar-refractivity contribution in [3.8, 4) is 5.75 Å². The lowest BCUT2D eigenvalue weighted by molar-refractivity contribution is -0.155. The fourth-order valence-corrected chi connectivity index (χ4v) is 2.34. The molecule has 1 aliphatic rings. The van der Waals surface area contributed by atoms with E-state index in [-0.39, 0.29) is 24.2 Å². The number of morpholine rings is 1. The van der Waals surface area contributed by atoms with Crippen molar-refractivity contribution in [1.29, 1.82) is 0 Å². The van der Waals surface area contributed by atoms with E-state index in [1.165, 1.54) is 0 Å². The van der Waals surface area contributed by atoms with Crippen LogP contribution in [0.4, 0.5) is 0 Å². The molecule has 5 heteroatoms. The van der Waals surface area contributed by atoms with Gasteiger partial charge in [0.25, 0.3) is 5.91 Å². The van der Waals surface area contributed by atoms with Crippen LogP contribution in [0, 0.1) is 6.92 Å². The molecule has 2 rings (SSSR count). The Balaban J connectivity index is 1.96. The van der Waals surface area contributed by atoms with Gasteiger partial charge >= 0.3 is 0 Å². The zero-order chi connectivity index (χ0) is 15.5. The average molecular weight is 292 g/mol. The fraction of sp³-hybridized carbons (Fsp3) is 0.562. The van der Waals surface area contributed by atoms with E-state index in [0.29, 0.717) is 25.4 Å². The standard InChI is InChI=1S/C16H24N2O3/c1-12-4-6-13(7-5-12)20-10-15(19)18-9-14(8-17)21-11-16(18,2)3/h4-7,14H,8-11,17H2,1-3H3. The van der Waals surface area contributed by atoms with Crippen LogP contribution in [0.25, 0.3) is 0 Å². The molecule has 1 fully saturated rings. The third-order valence-corrected chi connectivity index (χ3v) is 3.74. The average Bonchev–Trinajstić information content (AvgIpc) is 2.46. The van der Waals surface area contributed by atoms with Gasteiger partial charge in [-0.3, -0.25) is 4.79 Å². The molecule has 1 unspecified atom stereocenters. The SMILES string of the molecule is Cc1ccc(OCC(=O)N2CC(CN)OCC2(C)C)cc1. The van der Waals surface area contributed by atoms with Crippen LogP contribution in [0.2, 0.25) is 0 Å². The van der Waals surface area contributed by atoms with Gasteiger partial charge in [0, 0.05) is 13.1 Å². The molecular formula is C16H24N2O3. The Morgan fingerprint density at radius 1 is 1.43 bits per heavy atom. The third-order valence-electron chi connectivity index (χ3n) is 3.74. The van der Waals surface area contributed by atoms with Crippen LogP contribution < -0.4 is 10.5 Å². The number of carbonyl (C=O) groups is 1. The van der Waals surface area contributed by atoms with Crippen molar-refractivity contribution in [2.24, 2.45) is 5.73 Å². The zero-order valence-electron chi connectivity index (χ0n) is 13.0. The second-order valence-electron chi connectivity index (χ2n) is 6.09. The summed E-state index contributed by atoms with van der Waals surface area (Å²) in [6.45, 7) is 7.44. The van der Waals surface area contributed by atoms with Gasteiger partial charge in [-0.15, -0.1) is 0 Å². The number of carbonyl (C=O) groups excluding carboxylic acids is 1. The highest BCUT2D eigenvalue weighted by Crippen LogP contribution is 2.22. The molecule has 0 spiro atoms. The predicted molar refractivity (Wildman–Crippen MR) is 81.3 cm³/mol. The molecule has 1 saturated heterocycles. The summed E-state index contributed by atoms with van der Waals surface area (Å²) < 4.78 is 11.2. The Morgan fingerprint density at radius 2 is 2.10 bits per heavy atom. The molecule has 5 nitrogen and oxygen atoms in total. The fourth-order valence-electron chi connectivity index (χ4n) is 2.34. The minimum Gasteiger partial charge on any atom is -0.484 e. The summed E-state index contributed by atoms with van der Waals surface area (Å²) in [7, 11) is 0. The van der Waals surface area contributed by atoms with Crippen molar-refractivity contribution in [3.63, 3.8) is 0 Å². The summed E-state index contributed by atoms with van der Waals surface area (Å²) in [4.78, 5) is 14.2. The quantitative estimate of drug-likeness (QED) is 0.909. The number of ether oxygens (including phenoxy) is 2. The van der Waals surface area contributed by atoms with Crippen molar-refractivity contribution in [3.05, 3.63) is 29.8 Å². The summed E-state index contributed by atoms with van der Waals surface area (Å²) in [5.41, 5.74) is 6.47. The van der Waals surface area contributed by atoms with Gasteiger partial charge in [0.2, 0.25) is 0 Å². The Morgan fingerprint density at radius 3 is 2.71 bits per heavy atom. The summed E-state index contributed by atoms with van der Waals surface area (Å²) in [6, 6.07) is 7.66. The van der Waals surface area contributed by atoms with Crippen molar-refractivity contribution in [2.75, 3.05) is 26.3 Å². The Hall–Kier alpha value is -1.59. The zero-order valence-corrected chi connectivity index (χ0v) is 13.0. The Bertz CT molecular complexity index is 485. The lowest BCUT2D eigenvalue weighted by Gasteiger charge is -2.45. The molecule has 2 N–H and O–H groups in total. The molecule has 0 aliphatic carbocycles. The van der Waals surface area contributed by atoms with Crippen molar-refractivity contribution < 1.29 is 14.3 Å². The van der Waals surface area contributed by atoms with Gasteiger partial charge < -0.3 is 20.1 Å². The highest BCUT2D eigenvalue weighted by molar-refractivity contribution is 5.78. The van der Waals surface area contributed by atoms with Crippen LogP contribution in [0.1, 0.15) is 19.4 Å². The summed E-state index contributed by atoms with van der Waals surface area (Å²) >= 11 is 0. The van der Waals surface area contributed by atoms with Gasteiger partial charge in [0.15, 0.2) is 6.61 Å². The lowest BCUT2D eigenvalue weighted by atomic mass is 10.0. The van der Waals surface area contributed by atoms with E-state index in [0.717, 1.165) is 5.56 Å². The van der Waals surface area contributed by atoms with Gasteiger partial charge in [0.1, 0.15) is 5.75 Å². The normalized spacial score (nSPS) is 21.1. The molecule has 1 atom stereocenters. The van der Waals surface area contributed by atoms with Crippen molar-refractivity contribution in [2.45, 2.75) is 32.4 Å². The topological polar surface area (TPSA) is 64.8 Å². The Kier molecular flexibility index (Phi) is 4.85. The van der Waals surface area contributed by atoms with Gasteiger partial charge in [-0.05, 0) is 32.9 Å². The molecule has 0 aromatic heterocycles. The smallest absolute Gasteiger partial charge is 0.261 e. The second kappa shape index (κ2) is 6.45. The molecule has 1 heterocycles. The van der Waals surface area contributed by atoms with E-state index in [4.69, 9.17) is 15.2 Å². The van der Waals surface area contributed by atoms with Crippen LogP contribution in [0.5, 0.6) is 5.75 Å². The van der Waals surface area contributed by atoms with Crippen LogP contribution in [-0.2, 0) is 9.53 Å². The Labute approximate surface area is 126 Å². The number of rotatable bonds is 4. The first-order chi connectivity index (χ1) is 9.92. The van der Waals surface area contributed by atoms with E-state index in [1.807, 2.05) is 49.9 Å². The molecule has 0 bridgehead atoms. The minimum absolute atomic E-state index is 0.0315. The van der Waals surface area contributed by atoms with Gasteiger partial charge in [-0.1, -0.05) is 17.7 Å². The molecule has 1 amide bonds. The van der Waals surface area contributed by atoms with Crippen LogP contribution >= 0.6 is 0 Å². The van der Waals surface area contributed by atoms with Crippen LogP contribution in [-0.4, -0.2) is 48.8 Å². The van der Waals surface area contributed by atoms with E-state index < -0.39 is 0 Å². The van der Waals surface area contributed by atoms with Gasteiger partial charge in [0.05, 0.1) is 18.2 Å². The van der Waals surface area contributed by atoms with Crippen LogP contribution in [0.15, 0.2) is 24.3 Å². The molecule has 1 aromatic rings. The first-order valence-corrected chi connectivity index (χ1v) is 7.24. The monoisotopic (exact) mass is 292 g/mol. The lowest BCUT2D eigenvalue weighted by Crippen LogP contribution is -2.60. The number of benzene rings is 1. The summed E-state index contributed by atoms with van der Waals surface area (Å²) in [6.07, 6.45) is -0.0960. The van der Waals surface area contributed by atoms with Crippen molar-refractivity contribution in [1.82, 2.24) is 4.90 Å². The van der Waals surface area contributed by atoms with E-state index in [2.05, 4.69) is 0 Å². The van der Waals surface area contributed by atoms with Crippen LogP contribution in [0.3, 0.4) is 0 Å². The van der Waals surface area contributed by atoms with Gasteiger partial charge in [-0.25, -0.2) is 0 Å². The summed E-state index contributed by atoms with van der Waals surface area (Å²) in [5.74, 6) is 0.665. The summed E-state index contributed by atoms with van der Waals surface area (Å²) in [5, 5.41) is 0. The minimum atomic E-state index is -0.334. The van der Waals surface area contributed by atoms with E-state index in [9.17, 15) is 4.79 Å². The second-order valence-corrected chi connectivity index (χ2v) is 6.09. The number of nitrogens with zero attached hydrogens (tertiary/aromatic N) is 1.